The molecule has 0 unspecified atom stereocenters. The van der Waals surface area contributed by atoms with Gasteiger partial charge in [-0.05, 0) is 44.2 Å². The molecule has 162 valence electrons. The molecular weight excluding hydrogens is 457 g/mol. The lowest BCUT2D eigenvalue weighted by Gasteiger charge is -2.09. The third-order valence-electron chi connectivity index (χ3n) is 4.24. The lowest BCUT2D eigenvalue weighted by atomic mass is 10.2. The molecule has 0 radical (unpaired) electrons. The van der Waals surface area contributed by atoms with Crippen molar-refractivity contribution in [2.75, 3.05) is 16.4 Å². The van der Waals surface area contributed by atoms with Crippen LogP contribution in [0.25, 0.3) is 0 Å². The van der Waals surface area contributed by atoms with Gasteiger partial charge in [-0.3, -0.25) is 9.59 Å². The van der Waals surface area contributed by atoms with Crippen LogP contribution in [-0.2, 0) is 22.6 Å². The summed E-state index contributed by atoms with van der Waals surface area (Å²) in [5.74, 6) is 0.250. The zero-order valence-electron chi connectivity index (χ0n) is 17.0. The molecule has 0 saturated carbocycles. The van der Waals surface area contributed by atoms with Crippen molar-refractivity contribution in [2.24, 2.45) is 0 Å². The maximum Gasteiger partial charge on any atom is 0.234 e. The second-order valence-electron chi connectivity index (χ2n) is 6.73. The van der Waals surface area contributed by atoms with Crippen LogP contribution in [0.1, 0.15) is 18.3 Å². The first-order valence-corrected chi connectivity index (χ1v) is 11.3. The maximum atomic E-state index is 12.4. The molecule has 2 aromatic carbocycles. The van der Waals surface area contributed by atoms with Gasteiger partial charge in [-0.1, -0.05) is 52.7 Å². The third-order valence-corrected chi connectivity index (χ3v) is 5.65. The summed E-state index contributed by atoms with van der Waals surface area (Å²) in [6, 6.07) is 12.4. The van der Waals surface area contributed by atoms with Crippen molar-refractivity contribution in [3.63, 3.8) is 0 Å². The Kier molecular flexibility index (Phi) is 7.95. The lowest BCUT2D eigenvalue weighted by molar-refractivity contribution is -0.116. The number of halogens is 2. The number of aryl methyl sites for hydroxylation is 1. The van der Waals surface area contributed by atoms with Crippen molar-refractivity contribution in [1.82, 2.24) is 14.8 Å². The van der Waals surface area contributed by atoms with Gasteiger partial charge in [-0.25, -0.2) is 0 Å². The molecule has 3 aromatic rings. The number of hydrogen-bond acceptors (Lipinski definition) is 5. The van der Waals surface area contributed by atoms with Gasteiger partial charge in [0.1, 0.15) is 5.82 Å². The summed E-state index contributed by atoms with van der Waals surface area (Å²) in [7, 11) is 0. The monoisotopic (exact) mass is 477 g/mol. The number of nitrogens with zero attached hydrogens (tertiary/aromatic N) is 3. The Bertz CT molecular complexity index is 1070. The Morgan fingerprint density at radius 3 is 2.26 bits per heavy atom. The van der Waals surface area contributed by atoms with Crippen LogP contribution in [0.4, 0.5) is 11.4 Å². The number of benzene rings is 2. The average molecular weight is 478 g/mol. The van der Waals surface area contributed by atoms with Gasteiger partial charge in [0.25, 0.3) is 0 Å². The predicted octanol–water partition coefficient (Wildman–Crippen LogP) is 4.83. The predicted molar refractivity (Wildman–Crippen MR) is 125 cm³/mol. The van der Waals surface area contributed by atoms with E-state index in [-0.39, 0.29) is 24.0 Å². The molecule has 31 heavy (non-hydrogen) atoms. The summed E-state index contributed by atoms with van der Waals surface area (Å²) < 4.78 is 1.82. The van der Waals surface area contributed by atoms with Crippen molar-refractivity contribution in [2.45, 2.75) is 32.0 Å². The first-order chi connectivity index (χ1) is 14.8. The molecule has 1 heterocycles. The normalized spacial score (nSPS) is 10.7. The minimum Gasteiger partial charge on any atom is -0.326 e. The molecular formula is C21H21Cl2N5O2S. The van der Waals surface area contributed by atoms with Crippen molar-refractivity contribution in [3.8, 4) is 0 Å². The van der Waals surface area contributed by atoms with Gasteiger partial charge in [-0.15, -0.1) is 10.2 Å². The Hall–Kier alpha value is -2.55. The van der Waals surface area contributed by atoms with Gasteiger partial charge >= 0.3 is 0 Å². The number of anilines is 2. The van der Waals surface area contributed by atoms with E-state index in [2.05, 4.69) is 20.8 Å². The standard InChI is InChI=1S/C21H21Cl2N5O2S/c1-3-28-18(11-19(29)24-16-6-4-13(2)5-7-16)26-27-21(28)31-12-20(30)25-17-9-14(22)8-15(23)10-17/h4-10H,3,11-12H2,1-2H3,(H,24,29)(H,25,30). The highest BCUT2D eigenvalue weighted by atomic mass is 35.5. The van der Waals surface area contributed by atoms with Crippen molar-refractivity contribution < 1.29 is 9.59 Å². The van der Waals surface area contributed by atoms with Gasteiger partial charge in [-0.2, -0.15) is 0 Å². The van der Waals surface area contributed by atoms with E-state index in [1.807, 2.05) is 42.7 Å². The van der Waals surface area contributed by atoms with Crippen LogP contribution in [0.5, 0.6) is 0 Å². The summed E-state index contributed by atoms with van der Waals surface area (Å²) in [5.41, 5.74) is 2.37. The Labute approximate surface area is 194 Å². The summed E-state index contributed by atoms with van der Waals surface area (Å²) in [5, 5.41) is 15.3. The zero-order valence-corrected chi connectivity index (χ0v) is 19.3. The quantitative estimate of drug-likeness (QED) is 0.453. The van der Waals surface area contributed by atoms with E-state index >= 15 is 0 Å². The van der Waals surface area contributed by atoms with Crippen LogP contribution in [0.2, 0.25) is 10.0 Å². The van der Waals surface area contributed by atoms with E-state index in [9.17, 15) is 9.59 Å². The van der Waals surface area contributed by atoms with Crippen LogP contribution in [0, 0.1) is 6.92 Å². The van der Waals surface area contributed by atoms with Gasteiger partial charge in [0.05, 0.1) is 12.2 Å². The van der Waals surface area contributed by atoms with E-state index in [4.69, 9.17) is 23.2 Å². The Morgan fingerprint density at radius 2 is 1.61 bits per heavy atom. The second kappa shape index (κ2) is 10.7. The molecule has 0 spiro atoms. The van der Waals surface area contributed by atoms with E-state index in [1.165, 1.54) is 11.8 Å². The molecule has 2 N–H and O–H groups in total. The molecule has 0 fully saturated rings. The zero-order chi connectivity index (χ0) is 22.4. The van der Waals surface area contributed by atoms with E-state index in [1.54, 1.807) is 18.2 Å². The minimum absolute atomic E-state index is 0.0858. The lowest BCUT2D eigenvalue weighted by Crippen LogP contribution is -2.18. The number of aromatic nitrogens is 3. The first kappa shape index (κ1) is 23.1. The summed E-state index contributed by atoms with van der Waals surface area (Å²) in [6.45, 7) is 4.50. The molecule has 0 saturated heterocycles. The number of thioether (sulfide) groups is 1. The van der Waals surface area contributed by atoms with Crippen LogP contribution in [0.15, 0.2) is 47.6 Å². The number of nitrogens with one attached hydrogen (secondary N) is 2. The highest BCUT2D eigenvalue weighted by molar-refractivity contribution is 7.99. The van der Waals surface area contributed by atoms with E-state index in [0.717, 1.165) is 11.3 Å². The Balaban J connectivity index is 1.58. The van der Waals surface area contributed by atoms with Crippen LogP contribution in [0.3, 0.4) is 0 Å². The average Bonchev–Trinajstić information content (AvgIpc) is 3.08. The molecule has 3 rings (SSSR count). The molecule has 1 aromatic heterocycles. The van der Waals surface area contributed by atoms with Crippen molar-refractivity contribution in [1.29, 1.82) is 0 Å². The molecule has 0 bridgehead atoms. The largest absolute Gasteiger partial charge is 0.326 e. The summed E-state index contributed by atoms with van der Waals surface area (Å²) in [6.07, 6.45) is 0.0858. The molecule has 0 aliphatic rings. The molecule has 2 amide bonds. The highest BCUT2D eigenvalue weighted by Gasteiger charge is 2.16. The number of amides is 2. The first-order valence-electron chi connectivity index (χ1n) is 9.51. The molecule has 0 aliphatic heterocycles. The molecule has 7 nitrogen and oxygen atoms in total. The fraction of sp³-hybridized carbons (Fsp3) is 0.238. The fourth-order valence-corrected chi connectivity index (χ4v) is 4.16. The van der Waals surface area contributed by atoms with Crippen molar-refractivity contribution in [3.05, 3.63) is 63.9 Å². The number of carbonyl (C=O) groups excluding carboxylic acids is 2. The Morgan fingerprint density at radius 1 is 0.968 bits per heavy atom. The van der Waals surface area contributed by atoms with Crippen LogP contribution < -0.4 is 10.6 Å². The number of rotatable bonds is 8. The SMILES string of the molecule is CCn1c(CC(=O)Nc2ccc(C)cc2)nnc1SCC(=O)Nc1cc(Cl)cc(Cl)c1. The maximum absolute atomic E-state index is 12.4. The van der Waals surface area contributed by atoms with E-state index < -0.39 is 0 Å². The van der Waals surface area contributed by atoms with Gasteiger partial charge in [0.2, 0.25) is 11.8 Å². The van der Waals surface area contributed by atoms with E-state index in [0.29, 0.717) is 33.3 Å². The number of carbonyl (C=O) groups is 2. The van der Waals surface area contributed by atoms with Crippen LogP contribution >= 0.6 is 35.0 Å². The van der Waals surface area contributed by atoms with Gasteiger partial charge in [0, 0.05) is 28.0 Å². The molecule has 10 heteroatoms. The van der Waals surface area contributed by atoms with Gasteiger partial charge < -0.3 is 15.2 Å². The fourth-order valence-electron chi connectivity index (χ4n) is 2.81. The third kappa shape index (κ3) is 6.72. The minimum atomic E-state index is -0.229. The smallest absolute Gasteiger partial charge is 0.234 e. The second-order valence-corrected chi connectivity index (χ2v) is 8.54. The summed E-state index contributed by atoms with van der Waals surface area (Å²) >= 11 is 13.1. The summed E-state index contributed by atoms with van der Waals surface area (Å²) in [4.78, 5) is 24.7. The molecule has 0 aliphatic carbocycles. The molecule has 0 atom stereocenters. The highest BCUT2D eigenvalue weighted by Crippen LogP contribution is 2.23. The van der Waals surface area contributed by atoms with Crippen molar-refractivity contribution >= 4 is 58.2 Å². The topological polar surface area (TPSA) is 88.9 Å². The van der Waals surface area contributed by atoms with Crippen LogP contribution in [-0.4, -0.2) is 32.3 Å². The number of hydrogen-bond donors (Lipinski definition) is 2. The van der Waals surface area contributed by atoms with Gasteiger partial charge in [0.15, 0.2) is 5.16 Å².